The van der Waals surface area contributed by atoms with Gasteiger partial charge in [-0.1, -0.05) is 30.3 Å². The van der Waals surface area contributed by atoms with Gasteiger partial charge in [-0.25, -0.2) is 0 Å². The standard InChI is InChI=1S/C17H15N2/c18-16-9-3-1-6-14(16)11-13-19-12-5-8-15-7-2-4-10-17(15)19/h1-13H,18H2/q+1/b13-11+. The Morgan fingerprint density at radius 3 is 2.47 bits per heavy atom. The zero-order chi connectivity index (χ0) is 13.1. The summed E-state index contributed by atoms with van der Waals surface area (Å²) in [5, 5.41) is 1.22. The number of aromatic nitrogens is 1. The van der Waals surface area contributed by atoms with Gasteiger partial charge < -0.3 is 5.73 Å². The molecule has 0 aliphatic heterocycles. The summed E-state index contributed by atoms with van der Waals surface area (Å²) < 4.78 is 2.10. The van der Waals surface area contributed by atoms with E-state index < -0.39 is 0 Å². The third kappa shape index (κ3) is 2.33. The van der Waals surface area contributed by atoms with E-state index in [9.17, 15) is 0 Å². The quantitative estimate of drug-likeness (QED) is 0.546. The molecule has 0 fully saturated rings. The molecule has 0 unspecified atom stereocenters. The lowest BCUT2D eigenvalue weighted by Crippen LogP contribution is -2.25. The number of nitrogens with two attached hydrogens (primary N) is 1. The summed E-state index contributed by atoms with van der Waals surface area (Å²) in [5.41, 5.74) is 8.94. The molecule has 2 N–H and O–H groups in total. The summed E-state index contributed by atoms with van der Waals surface area (Å²) in [5.74, 6) is 0. The van der Waals surface area contributed by atoms with Gasteiger partial charge in [-0.05, 0) is 18.2 Å². The minimum absolute atomic E-state index is 0.791. The van der Waals surface area contributed by atoms with Crippen LogP contribution in [0.4, 0.5) is 5.69 Å². The van der Waals surface area contributed by atoms with Gasteiger partial charge in [0.25, 0.3) is 0 Å². The molecule has 1 aromatic heterocycles. The van der Waals surface area contributed by atoms with Gasteiger partial charge in [0.05, 0.1) is 0 Å². The van der Waals surface area contributed by atoms with E-state index in [4.69, 9.17) is 5.73 Å². The number of pyridine rings is 1. The number of rotatable bonds is 2. The highest BCUT2D eigenvalue weighted by Gasteiger charge is 2.04. The first-order valence-electron chi connectivity index (χ1n) is 6.26. The first-order valence-corrected chi connectivity index (χ1v) is 6.26. The van der Waals surface area contributed by atoms with Crippen molar-refractivity contribution < 1.29 is 4.57 Å². The predicted octanol–water partition coefficient (Wildman–Crippen LogP) is 3.34. The van der Waals surface area contributed by atoms with Crippen molar-refractivity contribution in [3.8, 4) is 0 Å². The van der Waals surface area contributed by atoms with E-state index in [1.165, 1.54) is 10.9 Å². The van der Waals surface area contributed by atoms with Crippen LogP contribution < -0.4 is 10.3 Å². The molecule has 0 atom stereocenters. The zero-order valence-electron chi connectivity index (χ0n) is 10.5. The molecular weight excluding hydrogens is 232 g/mol. The van der Waals surface area contributed by atoms with Crippen LogP contribution in [0.2, 0.25) is 0 Å². The molecule has 0 bridgehead atoms. The van der Waals surface area contributed by atoms with Gasteiger partial charge in [0.15, 0.2) is 12.4 Å². The molecule has 0 amide bonds. The highest BCUT2D eigenvalue weighted by atomic mass is 14.9. The van der Waals surface area contributed by atoms with E-state index in [1.54, 1.807) is 0 Å². The highest BCUT2D eigenvalue weighted by Crippen LogP contribution is 2.13. The van der Waals surface area contributed by atoms with Crippen molar-refractivity contribution in [2.24, 2.45) is 0 Å². The number of nitrogen functional groups attached to an aromatic ring is 1. The molecule has 0 spiro atoms. The number of fused-ring (bicyclic) bond motifs is 1. The molecule has 0 aliphatic rings. The van der Waals surface area contributed by atoms with Gasteiger partial charge in [0.2, 0.25) is 5.52 Å². The zero-order valence-corrected chi connectivity index (χ0v) is 10.5. The second-order valence-electron chi connectivity index (χ2n) is 4.42. The highest BCUT2D eigenvalue weighted by molar-refractivity contribution is 5.76. The van der Waals surface area contributed by atoms with Crippen LogP contribution in [0.15, 0.2) is 66.9 Å². The minimum atomic E-state index is 0.791. The van der Waals surface area contributed by atoms with E-state index in [1.807, 2.05) is 60.9 Å². The number of anilines is 1. The Morgan fingerprint density at radius 2 is 1.58 bits per heavy atom. The summed E-state index contributed by atoms with van der Waals surface area (Å²) >= 11 is 0. The van der Waals surface area contributed by atoms with Crippen LogP contribution >= 0.6 is 0 Å². The van der Waals surface area contributed by atoms with Gasteiger partial charge in [0, 0.05) is 34.8 Å². The van der Waals surface area contributed by atoms with Gasteiger partial charge in [-0.3, -0.25) is 0 Å². The van der Waals surface area contributed by atoms with Crippen molar-refractivity contribution in [1.29, 1.82) is 0 Å². The van der Waals surface area contributed by atoms with Crippen LogP contribution in [0, 0.1) is 0 Å². The second kappa shape index (κ2) is 4.94. The van der Waals surface area contributed by atoms with E-state index in [2.05, 4.69) is 22.8 Å². The average molecular weight is 247 g/mol. The molecule has 92 valence electrons. The van der Waals surface area contributed by atoms with Gasteiger partial charge in [-0.2, -0.15) is 4.57 Å². The minimum Gasteiger partial charge on any atom is -0.398 e. The molecule has 2 heteroatoms. The largest absolute Gasteiger partial charge is 0.398 e. The number of hydrogen-bond donors (Lipinski definition) is 1. The fourth-order valence-corrected chi connectivity index (χ4v) is 2.14. The molecule has 19 heavy (non-hydrogen) atoms. The fourth-order valence-electron chi connectivity index (χ4n) is 2.14. The predicted molar refractivity (Wildman–Crippen MR) is 80.2 cm³/mol. The maximum absolute atomic E-state index is 5.94. The summed E-state index contributed by atoms with van der Waals surface area (Å²) in [6.07, 6.45) is 6.10. The summed E-state index contributed by atoms with van der Waals surface area (Å²) in [6.45, 7) is 0. The molecule has 0 aliphatic carbocycles. The van der Waals surface area contributed by atoms with Crippen molar-refractivity contribution in [1.82, 2.24) is 0 Å². The molecule has 0 saturated heterocycles. The van der Waals surface area contributed by atoms with Crippen LogP contribution in [0.1, 0.15) is 5.56 Å². The lowest BCUT2D eigenvalue weighted by Gasteiger charge is -1.98. The Balaban J connectivity index is 2.04. The third-order valence-corrected chi connectivity index (χ3v) is 3.15. The van der Waals surface area contributed by atoms with Gasteiger partial charge >= 0.3 is 0 Å². The van der Waals surface area contributed by atoms with Crippen LogP contribution in [0.5, 0.6) is 0 Å². The molecule has 2 aromatic carbocycles. The number of benzene rings is 2. The molecule has 0 radical (unpaired) electrons. The fraction of sp³-hybridized carbons (Fsp3) is 0. The summed E-state index contributed by atoms with van der Waals surface area (Å²) in [7, 11) is 0. The van der Waals surface area contributed by atoms with Gasteiger partial charge in [0.1, 0.15) is 0 Å². The maximum Gasteiger partial charge on any atom is 0.217 e. The van der Waals surface area contributed by atoms with Crippen LogP contribution in [-0.4, -0.2) is 0 Å². The van der Waals surface area contributed by atoms with Crippen molar-refractivity contribution in [2.45, 2.75) is 0 Å². The van der Waals surface area contributed by atoms with Crippen LogP contribution in [0.3, 0.4) is 0 Å². The monoisotopic (exact) mass is 247 g/mol. The molecular formula is C17H15N2+. The summed E-state index contributed by atoms with van der Waals surface area (Å²) in [6, 6.07) is 20.3. The molecule has 1 heterocycles. The normalized spacial score (nSPS) is 11.2. The second-order valence-corrected chi connectivity index (χ2v) is 4.42. The van der Waals surface area contributed by atoms with Crippen LogP contribution in [0.25, 0.3) is 23.2 Å². The van der Waals surface area contributed by atoms with Crippen molar-refractivity contribution in [2.75, 3.05) is 5.73 Å². The lowest BCUT2D eigenvalue weighted by atomic mass is 10.2. The Kier molecular flexibility index (Phi) is 2.99. The van der Waals surface area contributed by atoms with E-state index in [-0.39, 0.29) is 0 Å². The first-order chi connectivity index (χ1) is 9.34. The SMILES string of the molecule is Nc1ccccc1/C=C/[n+]1cccc2ccccc21. The van der Waals surface area contributed by atoms with Crippen molar-refractivity contribution >= 4 is 28.9 Å². The smallest absolute Gasteiger partial charge is 0.217 e. The lowest BCUT2D eigenvalue weighted by molar-refractivity contribution is -0.538. The molecule has 3 aromatic rings. The Labute approximate surface area is 112 Å². The number of nitrogens with zero attached hydrogens (tertiary/aromatic N) is 1. The van der Waals surface area contributed by atoms with Crippen molar-refractivity contribution in [3.05, 3.63) is 72.4 Å². The van der Waals surface area contributed by atoms with Gasteiger partial charge in [-0.15, -0.1) is 0 Å². The van der Waals surface area contributed by atoms with E-state index in [0.29, 0.717) is 0 Å². The van der Waals surface area contributed by atoms with Crippen molar-refractivity contribution in [3.63, 3.8) is 0 Å². The maximum atomic E-state index is 5.94. The molecule has 3 rings (SSSR count). The number of hydrogen-bond acceptors (Lipinski definition) is 1. The van der Waals surface area contributed by atoms with E-state index >= 15 is 0 Å². The molecule has 2 nitrogen and oxygen atoms in total. The van der Waals surface area contributed by atoms with E-state index in [0.717, 1.165) is 11.3 Å². The topological polar surface area (TPSA) is 29.9 Å². The molecule has 0 saturated carbocycles. The Hall–Kier alpha value is -2.61. The first kappa shape index (κ1) is 11.5. The Bertz CT molecular complexity index is 740. The summed E-state index contributed by atoms with van der Waals surface area (Å²) in [4.78, 5) is 0. The number of para-hydroxylation sites is 2. The van der Waals surface area contributed by atoms with Crippen LogP contribution in [-0.2, 0) is 0 Å². The average Bonchev–Trinajstić information content (AvgIpc) is 2.46. The Morgan fingerprint density at radius 1 is 0.842 bits per heavy atom. The third-order valence-electron chi connectivity index (χ3n) is 3.15.